The number of nitrogens with two attached hydrogens (primary N) is 1. The van der Waals surface area contributed by atoms with E-state index in [2.05, 4.69) is 22.6 Å². The number of halogens is 3. The Hall–Kier alpha value is -0.430. The fraction of sp³-hybridized carbons (Fsp3) is 0.111. The van der Waals surface area contributed by atoms with Crippen molar-refractivity contribution >= 4 is 49.7 Å². The van der Waals surface area contributed by atoms with Crippen LogP contribution in [0.2, 0.25) is 0 Å². The highest BCUT2D eigenvalue weighted by Gasteiger charge is 2.13. The van der Waals surface area contributed by atoms with Crippen molar-refractivity contribution in [3.63, 3.8) is 0 Å². The Kier molecular flexibility index (Phi) is 2.61. The van der Waals surface area contributed by atoms with Gasteiger partial charge in [0.2, 0.25) is 0 Å². The van der Waals surface area contributed by atoms with Crippen LogP contribution in [0.15, 0.2) is 18.2 Å². The number of alkyl halides is 2. The van der Waals surface area contributed by atoms with Gasteiger partial charge in [-0.05, 0) is 46.2 Å². The molecule has 5 heteroatoms. The molecular formula is C9H6F2INS. The second-order valence-corrected chi connectivity index (χ2v) is 5.85. The standard InChI is InChI=1S/C9H6F2INS/c10-9(11)5-3-7-4(1-6(5)13)2-8(12)14-7/h1-3,9H,13H2. The highest BCUT2D eigenvalue weighted by atomic mass is 127. The molecule has 0 radical (unpaired) electrons. The van der Waals surface area contributed by atoms with Crippen molar-refractivity contribution in [3.05, 3.63) is 26.6 Å². The summed E-state index contributed by atoms with van der Waals surface area (Å²) in [5.41, 5.74) is 5.61. The average molecular weight is 325 g/mol. The zero-order valence-corrected chi connectivity index (χ0v) is 9.90. The molecule has 0 atom stereocenters. The maximum absolute atomic E-state index is 12.5. The van der Waals surface area contributed by atoms with E-state index in [0.29, 0.717) is 0 Å². The van der Waals surface area contributed by atoms with Crippen LogP contribution in [-0.4, -0.2) is 0 Å². The molecule has 1 aromatic heterocycles. The summed E-state index contributed by atoms with van der Waals surface area (Å²) in [6.07, 6.45) is -2.50. The Balaban J connectivity index is 2.70. The van der Waals surface area contributed by atoms with Crippen molar-refractivity contribution in [1.82, 2.24) is 0 Å². The van der Waals surface area contributed by atoms with Crippen LogP contribution in [-0.2, 0) is 0 Å². The third kappa shape index (κ3) is 1.70. The quantitative estimate of drug-likeness (QED) is 0.622. The average Bonchev–Trinajstić information content (AvgIpc) is 2.42. The molecular weight excluding hydrogens is 319 g/mol. The summed E-state index contributed by atoms with van der Waals surface area (Å²) in [6, 6.07) is 5.02. The molecule has 1 heterocycles. The van der Waals surface area contributed by atoms with Gasteiger partial charge in [0.25, 0.3) is 6.43 Å². The zero-order chi connectivity index (χ0) is 10.3. The van der Waals surface area contributed by atoms with Gasteiger partial charge in [-0.3, -0.25) is 0 Å². The van der Waals surface area contributed by atoms with Crippen molar-refractivity contribution < 1.29 is 8.78 Å². The Labute approximate surface area is 97.1 Å². The minimum Gasteiger partial charge on any atom is -0.398 e. The van der Waals surface area contributed by atoms with E-state index in [1.807, 2.05) is 6.07 Å². The first-order valence-electron chi connectivity index (χ1n) is 3.84. The fourth-order valence-corrected chi connectivity index (χ4v) is 3.14. The lowest BCUT2D eigenvalue weighted by atomic mass is 10.1. The molecule has 0 aliphatic rings. The molecule has 0 aliphatic carbocycles. The van der Waals surface area contributed by atoms with Gasteiger partial charge in [0.15, 0.2) is 0 Å². The summed E-state index contributed by atoms with van der Waals surface area (Å²) in [5, 5.41) is 0.932. The Bertz CT molecular complexity index is 481. The Morgan fingerprint density at radius 2 is 2.00 bits per heavy atom. The van der Waals surface area contributed by atoms with Crippen LogP contribution >= 0.6 is 33.9 Å². The molecule has 0 aliphatic heterocycles. The molecule has 0 bridgehead atoms. The number of rotatable bonds is 1. The van der Waals surface area contributed by atoms with E-state index in [1.54, 1.807) is 6.07 Å². The van der Waals surface area contributed by atoms with Gasteiger partial charge in [0, 0.05) is 16.0 Å². The fourth-order valence-electron chi connectivity index (χ4n) is 1.28. The van der Waals surface area contributed by atoms with Crippen molar-refractivity contribution in [1.29, 1.82) is 0 Å². The van der Waals surface area contributed by atoms with Crippen LogP contribution in [0, 0.1) is 2.88 Å². The lowest BCUT2D eigenvalue weighted by Gasteiger charge is -2.03. The maximum Gasteiger partial charge on any atom is 0.265 e. The van der Waals surface area contributed by atoms with Gasteiger partial charge in [-0.1, -0.05) is 0 Å². The van der Waals surface area contributed by atoms with Gasteiger partial charge in [-0.25, -0.2) is 8.78 Å². The number of benzene rings is 1. The van der Waals surface area contributed by atoms with Gasteiger partial charge >= 0.3 is 0 Å². The van der Waals surface area contributed by atoms with E-state index in [-0.39, 0.29) is 11.3 Å². The molecule has 0 unspecified atom stereocenters. The summed E-state index contributed by atoms with van der Waals surface area (Å²) in [6.45, 7) is 0. The van der Waals surface area contributed by atoms with E-state index in [4.69, 9.17) is 5.73 Å². The first-order valence-corrected chi connectivity index (χ1v) is 5.74. The number of hydrogen-bond donors (Lipinski definition) is 1. The second kappa shape index (κ2) is 3.62. The van der Waals surface area contributed by atoms with E-state index in [0.717, 1.165) is 13.0 Å². The normalized spacial score (nSPS) is 11.4. The SMILES string of the molecule is Nc1cc2cc(I)sc2cc1C(F)F. The molecule has 0 spiro atoms. The summed E-state index contributed by atoms with van der Waals surface area (Å²) < 4.78 is 26.9. The number of fused-ring (bicyclic) bond motifs is 1. The summed E-state index contributed by atoms with van der Waals surface area (Å²) in [4.78, 5) is 0. The van der Waals surface area contributed by atoms with E-state index >= 15 is 0 Å². The lowest BCUT2D eigenvalue weighted by molar-refractivity contribution is 0.152. The number of anilines is 1. The van der Waals surface area contributed by atoms with Crippen molar-refractivity contribution in [3.8, 4) is 0 Å². The van der Waals surface area contributed by atoms with Crippen molar-refractivity contribution in [2.24, 2.45) is 0 Å². The van der Waals surface area contributed by atoms with Crippen molar-refractivity contribution in [2.45, 2.75) is 6.43 Å². The zero-order valence-electron chi connectivity index (χ0n) is 6.93. The lowest BCUT2D eigenvalue weighted by Crippen LogP contribution is -1.93. The van der Waals surface area contributed by atoms with Gasteiger partial charge in [-0.15, -0.1) is 11.3 Å². The monoisotopic (exact) mass is 325 g/mol. The minimum absolute atomic E-state index is 0.0734. The largest absolute Gasteiger partial charge is 0.398 e. The summed E-state index contributed by atoms with van der Waals surface area (Å²) in [5.74, 6) is 0. The van der Waals surface area contributed by atoms with Gasteiger partial charge in [-0.2, -0.15) is 0 Å². The molecule has 0 saturated heterocycles. The molecule has 2 N–H and O–H groups in total. The second-order valence-electron chi connectivity index (χ2n) is 2.87. The van der Waals surface area contributed by atoms with Crippen LogP contribution in [0.3, 0.4) is 0 Å². The van der Waals surface area contributed by atoms with E-state index in [1.165, 1.54) is 17.4 Å². The Morgan fingerprint density at radius 3 is 2.64 bits per heavy atom. The van der Waals surface area contributed by atoms with E-state index in [9.17, 15) is 8.78 Å². The maximum atomic E-state index is 12.5. The van der Waals surface area contributed by atoms with Crippen LogP contribution in [0.25, 0.3) is 10.1 Å². The van der Waals surface area contributed by atoms with Gasteiger partial charge < -0.3 is 5.73 Å². The molecule has 14 heavy (non-hydrogen) atoms. The molecule has 0 saturated carbocycles. The molecule has 0 amide bonds. The molecule has 2 rings (SSSR count). The van der Waals surface area contributed by atoms with E-state index < -0.39 is 6.43 Å². The van der Waals surface area contributed by atoms with Gasteiger partial charge in [0.1, 0.15) is 0 Å². The molecule has 0 fully saturated rings. The topological polar surface area (TPSA) is 26.0 Å². The smallest absolute Gasteiger partial charge is 0.265 e. The summed E-state index contributed by atoms with van der Waals surface area (Å²) in [7, 11) is 0. The first-order chi connectivity index (χ1) is 6.58. The predicted molar refractivity (Wildman–Crippen MR) is 63.9 cm³/mol. The minimum atomic E-state index is -2.50. The van der Waals surface area contributed by atoms with Crippen LogP contribution in [0.5, 0.6) is 0 Å². The van der Waals surface area contributed by atoms with Crippen molar-refractivity contribution in [2.75, 3.05) is 5.73 Å². The van der Waals surface area contributed by atoms with Crippen LogP contribution < -0.4 is 5.73 Å². The Morgan fingerprint density at radius 1 is 1.29 bits per heavy atom. The molecule has 74 valence electrons. The number of nitrogen functional groups attached to an aromatic ring is 1. The third-order valence-electron chi connectivity index (χ3n) is 1.93. The molecule has 1 nitrogen and oxygen atoms in total. The summed E-state index contributed by atoms with van der Waals surface area (Å²) >= 11 is 3.65. The predicted octanol–water partition coefficient (Wildman–Crippen LogP) is 4.03. The first kappa shape index (κ1) is 10.1. The highest BCUT2D eigenvalue weighted by molar-refractivity contribution is 14.1. The highest BCUT2D eigenvalue weighted by Crippen LogP contribution is 2.34. The number of thiophene rings is 1. The third-order valence-corrected chi connectivity index (χ3v) is 3.79. The van der Waals surface area contributed by atoms with Gasteiger partial charge in [0.05, 0.1) is 2.88 Å². The molecule has 1 aromatic carbocycles. The van der Waals surface area contributed by atoms with Crippen LogP contribution in [0.4, 0.5) is 14.5 Å². The molecule has 2 aromatic rings. The number of hydrogen-bond acceptors (Lipinski definition) is 2. The van der Waals surface area contributed by atoms with Crippen LogP contribution in [0.1, 0.15) is 12.0 Å².